The Bertz CT molecular complexity index is 466. The Balaban J connectivity index is 1.76. The molecule has 4 rings (SSSR count). The number of aryl methyl sites for hydroxylation is 2. The molecule has 1 unspecified atom stereocenters. The maximum Gasteiger partial charge on any atom is 0.109 e. The Morgan fingerprint density at radius 1 is 1.11 bits per heavy atom. The average molecular weight is 244 g/mol. The lowest BCUT2D eigenvalue weighted by Gasteiger charge is -2.35. The molecule has 0 amide bonds. The maximum absolute atomic E-state index is 4.96. The van der Waals surface area contributed by atoms with E-state index in [0.29, 0.717) is 11.5 Å². The second-order valence-electron chi connectivity index (χ2n) is 6.92. The van der Waals surface area contributed by atoms with Crippen LogP contribution >= 0.6 is 0 Å². The van der Waals surface area contributed by atoms with Crippen LogP contribution in [0.15, 0.2) is 0 Å². The SMILES string of the molecule is CC1CCCc2nc3c(n21)CC1(CCCC1)CC3. The van der Waals surface area contributed by atoms with Crippen LogP contribution in [-0.2, 0) is 19.3 Å². The van der Waals surface area contributed by atoms with E-state index in [1.54, 1.807) is 5.69 Å². The van der Waals surface area contributed by atoms with E-state index in [9.17, 15) is 0 Å². The summed E-state index contributed by atoms with van der Waals surface area (Å²) in [6.45, 7) is 2.39. The van der Waals surface area contributed by atoms with Crippen LogP contribution in [0.5, 0.6) is 0 Å². The second kappa shape index (κ2) is 3.85. The Kier molecular flexibility index (Phi) is 2.37. The molecular formula is C16H24N2. The number of rotatable bonds is 0. The topological polar surface area (TPSA) is 17.8 Å². The van der Waals surface area contributed by atoms with Crippen molar-refractivity contribution >= 4 is 0 Å². The molecule has 0 saturated heterocycles. The third-order valence-electron chi connectivity index (χ3n) is 5.73. The van der Waals surface area contributed by atoms with Gasteiger partial charge in [-0.15, -0.1) is 0 Å². The number of hydrogen-bond donors (Lipinski definition) is 0. The number of imidazole rings is 1. The molecular weight excluding hydrogens is 220 g/mol. The van der Waals surface area contributed by atoms with Gasteiger partial charge in [0.1, 0.15) is 5.82 Å². The molecule has 1 saturated carbocycles. The van der Waals surface area contributed by atoms with Gasteiger partial charge < -0.3 is 4.57 Å². The molecule has 2 aliphatic carbocycles. The molecule has 1 fully saturated rings. The molecule has 2 heterocycles. The van der Waals surface area contributed by atoms with Crippen molar-refractivity contribution < 1.29 is 0 Å². The lowest BCUT2D eigenvalue weighted by molar-refractivity contribution is 0.243. The average Bonchev–Trinajstić information content (AvgIpc) is 2.95. The van der Waals surface area contributed by atoms with E-state index in [-0.39, 0.29) is 0 Å². The molecule has 2 heteroatoms. The largest absolute Gasteiger partial charge is 0.329 e. The fraction of sp³-hybridized carbons (Fsp3) is 0.812. The van der Waals surface area contributed by atoms with E-state index >= 15 is 0 Å². The summed E-state index contributed by atoms with van der Waals surface area (Å²) in [6.07, 6.45) is 13.8. The number of fused-ring (bicyclic) bond motifs is 3. The molecule has 0 N–H and O–H groups in total. The normalized spacial score (nSPS) is 29.3. The highest BCUT2D eigenvalue weighted by atomic mass is 15.1. The molecule has 0 aromatic carbocycles. The fourth-order valence-corrected chi connectivity index (χ4v) is 4.72. The van der Waals surface area contributed by atoms with E-state index < -0.39 is 0 Å². The smallest absolute Gasteiger partial charge is 0.109 e. The summed E-state index contributed by atoms with van der Waals surface area (Å²) in [7, 11) is 0. The molecule has 18 heavy (non-hydrogen) atoms. The standard InChI is InChI=1S/C16H24N2/c1-12-5-4-6-15-17-13-7-10-16(8-2-3-9-16)11-14(13)18(12)15/h12H,2-11H2,1H3. The lowest BCUT2D eigenvalue weighted by Crippen LogP contribution is -2.28. The third kappa shape index (κ3) is 1.50. The van der Waals surface area contributed by atoms with Crippen LogP contribution < -0.4 is 0 Å². The molecule has 0 radical (unpaired) electrons. The Morgan fingerprint density at radius 3 is 2.78 bits per heavy atom. The Hall–Kier alpha value is -0.790. The van der Waals surface area contributed by atoms with Gasteiger partial charge in [0.25, 0.3) is 0 Å². The molecule has 3 aliphatic rings. The first kappa shape index (κ1) is 11.1. The highest BCUT2D eigenvalue weighted by molar-refractivity contribution is 5.25. The quantitative estimate of drug-likeness (QED) is 0.678. The number of nitrogens with zero attached hydrogens (tertiary/aromatic N) is 2. The van der Waals surface area contributed by atoms with Crippen molar-refractivity contribution in [3.05, 3.63) is 17.2 Å². The Morgan fingerprint density at radius 2 is 1.94 bits per heavy atom. The zero-order chi connectivity index (χ0) is 12.2. The van der Waals surface area contributed by atoms with Gasteiger partial charge >= 0.3 is 0 Å². The summed E-state index contributed by atoms with van der Waals surface area (Å²) < 4.78 is 2.62. The lowest BCUT2D eigenvalue weighted by atomic mass is 9.73. The van der Waals surface area contributed by atoms with Gasteiger partial charge in [-0.2, -0.15) is 0 Å². The zero-order valence-corrected chi connectivity index (χ0v) is 11.5. The highest BCUT2D eigenvalue weighted by Gasteiger charge is 2.40. The molecule has 1 atom stereocenters. The molecule has 1 spiro atoms. The first-order valence-electron chi connectivity index (χ1n) is 7.86. The summed E-state index contributed by atoms with van der Waals surface area (Å²) in [5.74, 6) is 1.40. The van der Waals surface area contributed by atoms with Gasteiger partial charge in [0.05, 0.1) is 5.69 Å². The second-order valence-corrected chi connectivity index (χ2v) is 6.92. The van der Waals surface area contributed by atoms with Crippen molar-refractivity contribution in [2.75, 3.05) is 0 Å². The predicted molar refractivity (Wildman–Crippen MR) is 72.8 cm³/mol. The number of hydrogen-bond acceptors (Lipinski definition) is 1. The molecule has 1 aromatic rings. The van der Waals surface area contributed by atoms with Crippen LogP contribution in [0, 0.1) is 5.41 Å². The van der Waals surface area contributed by atoms with Crippen LogP contribution in [0.4, 0.5) is 0 Å². The zero-order valence-electron chi connectivity index (χ0n) is 11.5. The van der Waals surface area contributed by atoms with Gasteiger partial charge in [0.15, 0.2) is 0 Å². The fourth-order valence-electron chi connectivity index (χ4n) is 4.72. The minimum absolute atomic E-state index is 0.668. The van der Waals surface area contributed by atoms with E-state index in [0.717, 1.165) is 0 Å². The van der Waals surface area contributed by atoms with E-state index in [2.05, 4.69) is 11.5 Å². The van der Waals surface area contributed by atoms with E-state index in [1.165, 1.54) is 75.7 Å². The van der Waals surface area contributed by atoms with Gasteiger partial charge in [0.2, 0.25) is 0 Å². The van der Waals surface area contributed by atoms with Crippen molar-refractivity contribution in [3.63, 3.8) is 0 Å². The van der Waals surface area contributed by atoms with Crippen molar-refractivity contribution in [2.24, 2.45) is 5.41 Å². The van der Waals surface area contributed by atoms with Gasteiger partial charge in [-0.3, -0.25) is 0 Å². The van der Waals surface area contributed by atoms with Crippen LogP contribution in [0.1, 0.15) is 75.1 Å². The maximum atomic E-state index is 4.96. The first-order chi connectivity index (χ1) is 8.77. The van der Waals surface area contributed by atoms with E-state index in [1.807, 2.05) is 0 Å². The van der Waals surface area contributed by atoms with Crippen LogP contribution in [0.25, 0.3) is 0 Å². The van der Waals surface area contributed by atoms with Gasteiger partial charge in [-0.25, -0.2) is 4.98 Å². The van der Waals surface area contributed by atoms with E-state index in [4.69, 9.17) is 4.98 Å². The minimum Gasteiger partial charge on any atom is -0.329 e. The van der Waals surface area contributed by atoms with Crippen molar-refractivity contribution in [2.45, 2.75) is 77.2 Å². The Labute approximate surface area is 110 Å². The summed E-state index contributed by atoms with van der Waals surface area (Å²) in [4.78, 5) is 4.96. The number of aromatic nitrogens is 2. The third-order valence-corrected chi connectivity index (χ3v) is 5.73. The van der Waals surface area contributed by atoms with Gasteiger partial charge in [-0.1, -0.05) is 12.8 Å². The summed E-state index contributed by atoms with van der Waals surface area (Å²) >= 11 is 0. The first-order valence-corrected chi connectivity index (χ1v) is 7.86. The monoisotopic (exact) mass is 244 g/mol. The molecule has 0 bridgehead atoms. The van der Waals surface area contributed by atoms with Crippen molar-refractivity contribution in [1.82, 2.24) is 9.55 Å². The van der Waals surface area contributed by atoms with Crippen LogP contribution in [0.3, 0.4) is 0 Å². The van der Waals surface area contributed by atoms with Crippen LogP contribution in [-0.4, -0.2) is 9.55 Å². The van der Waals surface area contributed by atoms with Gasteiger partial charge in [0, 0.05) is 18.2 Å². The van der Waals surface area contributed by atoms with Crippen LogP contribution in [0.2, 0.25) is 0 Å². The van der Waals surface area contributed by atoms with Crippen molar-refractivity contribution in [3.8, 4) is 0 Å². The molecule has 1 aromatic heterocycles. The summed E-state index contributed by atoms with van der Waals surface area (Å²) in [5, 5.41) is 0. The van der Waals surface area contributed by atoms with Crippen molar-refractivity contribution in [1.29, 1.82) is 0 Å². The molecule has 2 nitrogen and oxygen atoms in total. The van der Waals surface area contributed by atoms with Gasteiger partial charge in [-0.05, 0) is 57.3 Å². The predicted octanol–water partition coefficient (Wildman–Crippen LogP) is 3.83. The minimum atomic E-state index is 0.668. The molecule has 1 aliphatic heterocycles. The summed E-state index contributed by atoms with van der Waals surface area (Å²) in [5.41, 5.74) is 3.75. The highest BCUT2D eigenvalue weighted by Crippen LogP contribution is 2.48. The molecule has 98 valence electrons. The summed E-state index contributed by atoms with van der Waals surface area (Å²) in [6, 6.07) is 0.696.